The second-order valence-electron chi connectivity index (χ2n) is 2.56. The molecule has 0 saturated heterocycles. The van der Waals surface area contributed by atoms with Crippen LogP contribution in [0.4, 0.5) is 8.78 Å². The molecule has 2 atom stereocenters. The van der Waals surface area contributed by atoms with Crippen LogP contribution in [0.25, 0.3) is 0 Å². The van der Waals surface area contributed by atoms with Crippen LogP contribution in [0.1, 0.15) is 6.92 Å². The Morgan fingerprint density at radius 3 is 1.69 bits per heavy atom. The van der Waals surface area contributed by atoms with Crippen molar-refractivity contribution in [2.75, 3.05) is 0 Å². The first-order chi connectivity index (χ1) is 5.68. The van der Waals surface area contributed by atoms with E-state index in [9.17, 15) is 18.4 Å². The highest BCUT2D eigenvalue weighted by Crippen LogP contribution is 2.27. The Morgan fingerprint density at radius 2 is 1.62 bits per heavy atom. The summed E-state index contributed by atoms with van der Waals surface area (Å²) in [6.45, 7) is 0.234. The van der Waals surface area contributed by atoms with Gasteiger partial charge in [0.15, 0.2) is 12.0 Å². The van der Waals surface area contributed by atoms with Gasteiger partial charge in [0.2, 0.25) is 0 Å². The summed E-state index contributed by atoms with van der Waals surface area (Å²) in [5.41, 5.74) is 0. The van der Waals surface area contributed by atoms with Crippen LogP contribution in [0.15, 0.2) is 0 Å². The van der Waals surface area contributed by atoms with Gasteiger partial charge >= 0.3 is 11.9 Å². The molecule has 76 valence electrons. The number of aliphatic carboxylic acids is 2. The fraction of sp³-hybridized carbons (Fsp3) is 0.667. The number of alkyl halides is 2. The van der Waals surface area contributed by atoms with E-state index in [1.807, 2.05) is 0 Å². The van der Waals surface area contributed by atoms with Crippen molar-refractivity contribution in [2.45, 2.75) is 19.0 Å². The molecule has 0 radical (unpaired) electrons. The number of carboxylic acids is 2. The van der Waals surface area contributed by atoms with Crippen molar-refractivity contribution in [3.05, 3.63) is 0 Å². The summed E-state index contributed by atoms with van der Waals surface area (Å²) in [5, 5.41) is 25.0. The number of aliphatic hydroxyl groups is 1. The first-order valence-electron chi connectivity index (χ1n) is 3.19. The molecule has 3 N–H and O–H groups in total. The maximum absolute atomic E-state index is 12.4. The third-order valence-corrected chi connectivity index (χ3v) is 1.38. The highest BCUT2D eigenvalue weighted by atomic mass is 19.3. The summed E-state index contributed by atoms with van der Waals surface area (Å²) in [6.07, 6.45) is -2.61. The van der Waals surface area contributed by atoms with Crippen LogP contribution >= 0.6 is 0 Å². The van der Waals surface area contributed by atoms with Gasteiger partial charge in [0.25, 0.3) is 5.92 Å². The fourth-order valence-corrected chi connectivity index (χ4v) is 0.772. The zero-order valence-corrected chi connectivity index (χ0v) is 6.57. The number of hydrogen-bond donors (Lipinski definition) is 3. The van der Waals surface area contributed by atoms with E-state index in [0.29, 0.717) is 0 Å². The van der Waals surface area contributed by atoms with Gasteiger partial charge in [0.05, 0.1) is 0 Å². The summed E-state index contributed by atoms with van der Waals surface area (Å²) in [6, 6.07) is 0. The average Bonchev–Trinajstić information content (AvgIpc) is 1.82. The van der Waals surface area contributed by atoms with Gasteiger partial charge in [-0.2, -0.15) is 0 Å². The molecular weight excluding hydrogens is 190 g/mol. The number of hydrogen-bond acceptors (Lipinski definition) is 3. The molecule has 0 saturated carbocycles. The van der Waals surface area contributed by atoms with E-state index in [-0.39, 0.29) is 6.92 Å². The smallest absolute Gasteiger partial charge is 0.333 e. The van der Waals surface area contributed by atoms with E-state index in [0.717, 1.165) is 0 Å². The molecule has 0 aromatic carbocycles. The lowest BCUT2D eigenvalue weighted by Gasteiger charge is -2.21. The Hall–Kier alpha value is -1.24. The largest absolute Gasteiger partial charge is 0.481 e. The van der Waals surface area contributed by atoms with Gasteiger partial charge in [0, 0.05) is 6.92 Å². The highest BCUT2D eigenvalue weighted by Gasteiger charge is 2.48. The highest BCUT2D eigenvalue weighted by molar-refractivity contribution is 5.82. The lowest BCUT2D eigenvalue weighted by Crippen LogP contribution is -2.44. The predicted octanol–water partition coefficient (Wildman–Crippen LogP) is -0.212. The van der Waals surface area contributed by atoms with Crippen LogP contribution in [-0.2, 0) is 9.59 Å². The topological polar surface area (TPSA) is 94.8 Å². The van der Waals surface area contributed by atoms with Crippen LogP contribution in [-0.4, -0.2) is 39.3 Å². The van der Waals surface area contributed by atoms with Crippen LogP contribution in [0.2, 0.25) is 0 Å². The Labute approximate surface area is 71.6 Å². The molecule has 0 aliphatic carbocycles. The van der Waals surface area contributed by atoms with Gasteiger partial charge in [-0.3, -0.25) is 4.79 Å². The van der Waals surface area contributed by atoms with Crippen LogP contribution in [0, 0.1) is 5.92 Å². The normalized spacial score (nSPS) is 16.3. The van der Waals surface area contributed by atoms with E-state index in [1.54, 1.807) is 0 Å². The number of rotatable bonds is 4. The van der Waals surface area contributed by atoms with Crippen LogP contribution in [0.5, 0.6) is 0 Å². The molecule has 0 amide bonds. The maximum atomic E-state index is 12.4. The molecule has 0 rings (SSSR count). The summed E-state index contributed by atoms with van der Waals surface area (Å²) in [4.78, 5) is 20.2. The lowest BCUT2D eigenvalue weighted by molar-refractivity contribution is -0.177. The minimum Gasteiger partial charge on any atom is -0.481 e. The molecule has 0 aliphatic rings. The van der Waals surface area contributed by atoms with Crippen molar-refractivity contribution >= 4 is 11.9 Å². The number of halogens is 2. The van der Waals surface area contributed by atoms with E-state index in [4.69, 9.17) is 15.3 Å². The fourth-order valence-electron chi connectivity index (χ4n) is 0.772. The van der Waals surface area contributed by atoms with Crippen molar-refractivity contribution in [1.82, 2.24) is 0 Å². The Morgan fingerprint density at radius 1 is 1.23 bits per heavy atom. The van der Waals surface area contributed by atoms with Crippen molar-refractivity contribution in [2.24, 2.45) is 5.92 Å². The van der Waals surface area contributed by atoms with Gasteiger partial charge in [0.1, 0.15) is 0 Å². The first kappa shape index (κ1) is 11.8. The van der Waals surface area contributed by atoms with Crippen LogP contribution in [0.3, 0.4) is 0 Å². The number of carbonyl (C=O) groups is 2. The van der Waals surface area contributed by atoms with E-state index in [1.165, 1.54) is 0 Å². The summed E-state index contributed by atoms with van der Waals surface area (Å²) in [5.74, 6) is -10.5. The molecule has 0 aromatic heterocycles. The SMILES string of the molecule is CC(F)(F)[C@H](C(=O)O)[C@H](O)C(=O)O. The Balaban J connectivity index is 4.83. The average molecular weight is 198 g/mol. The van der Waals surface area contributed by atoms with Crippen LogP contribution < -0.4 is 0 Å². The lowest BCUT2D eigenvalue weighted by atomic mass is 9.96. The zero-order chi connectivity index (χ0) is 10.8. The Bertz CT molecular complexity index is 222. The molecule has 0 spiro atoms. The van der Waals surface area contributed by atoms with E-state index in [2.05, 4.69) is 0 Å². The van der Waals surface area contributed by atoms with Gasteiger partial charge in [-0.05, 0) is 0 Å². The molecule has 13 heavy (non-hydrogen) atoms. The molecule has 0 unspecified atom stereocenters. The molecule has 0 fully saturated rings. The van der Waals surface area contributed by atoms with E-state index >= 15 is 0 Å². The molecule has 5 nitrogen and oxygen atoms in total. The zero-order valence-electron chi connectivity index (χ0n) is 6.57. The monoisotopic (exact) mass is 198 g/mol. The first-order valence-corrected chi connectivity index (χ1v) is 3.19. The van der Waals surface area contributed by atoms with Gasteiger partial charge in [-0.25, -0.2) is 13.6 Å². The minimum atomic E-state index is -3.79. The summed E-state index contributed by atoms with van der Waals surface area (Å²) >= 11 is 0. The van der Waals surface area contributed by atoms with Crippen molar-refractivity contribution in [3.8, 4) is 0 Å². The number of aliphatic hydroxyl groups excluding tert-OH is 1. The molecule has 0 heterocycles. The second-order valence-corrected chi connectivity index (χ2v) is 2.56. The van der Waals surface area contributed by atoms with Gasteiger partial charge in [-0.15, -0.1) is 0 Å². The third kappa shape index (κ3) is 2.94. The minimum absolute atomic E-state index is 0.234. The standard InChI is InChI=1S/C6H8F2O5/c1-6(7,8)2(4(10)11)3(9)5(12)13/h2-3,9H,1H3,(H,10,11)(H,12,13)/t2-,3-/m0/s1. The summed E-state index contributed by atoms with van der Waals surface area (Å²) in [7, 11) is 0. The molecule has 7 heteroatoms. The van der Waals surface area contributed by atoms with Gasteiger partial charge in [-0.1, -0.05) is 0 Å². The summed E-state index contributed by atoms with van der Waals surface area (Å²) < 4.78 is 24.9. The van der Waals surface area contributed by atoms with Crippen molar-refractivity contribution < 1.29 is 33.7 Å². The Kier molecular flexibility index (Phi) is 3.30. The van der Waals surface area contributed by atoms with Crippen molar-refractivity contribution in [1.29, 1.82) is 0 Å². The number of carboxylic acid groups (broad SMARTS) is 2. The van der Waals surface area contributed by atoms with Crippen molar-refractivity contribution in [3.63, 3.8) is 0 Å². The maximum Gasteiger partial charge on any atom is 0.333 e. The molecular formula is C6H8F2O5. The third-order valence-electron chi connectivity index (χ3n) is 1.38. The second kappa shape index (κ2) is 3.65. The molecule has 0 aliphatic heterocycles. The quantitative estimate of drug-likeness (QED) is 0.580. The predicted molar refractivity (Wildman–Crippen MR) is 35.4 cm³/mol. The van der Waals surface area contributed by atoms with Gasteiger partial charge < -0.3 is 15.3 Å². The molecule has 0 bridgehead atoms. The van der Waals surface area contributed by atoms with E-state index < -0.39 is 29.9 Å². The molecule has 0 aromatic rings.